The van der Waals surface area contributed by atoms with Gasteiger partial charge in [0.15, 0.2) is 5.69 Å². The summed E-state index contributed by atoms with van der Waals surface area (Å²) in [4.78, 5) is 18.8. The Hall–Kier alpha value is -2.95. The van der Waals surface area contributed by atoms with Gasteiger partial charge in [0.05, 0.1) is 5.52 Å². The number of carboxylic acids is 1. The molecule has 20 heavy (non-hydrogen) atoms. The number of carbonyl (C=O) groups is 1. The summed E-state index contributed by atoms with van der Waals surface area (Å²) in [6.45, 7) is 0. The molecule has 1 N–H and O–H groups in total. The van der Waals surface area contributed by atoms with Crippen LogP contribution in [0, 0.1) is 0 Å². The molecule has 0 aliphatic heterocycles. The summed E-state index contributed by atoms with van der Waals surface area (Å²) in [5.74, 6) is -0.0353. The van der Waals surface area contributed by atoms with Gasteiger partial charge in [-0.25, -0.2) is 9.78 Å². The van der Waals surface area contributed by atoms with Crippen LogP contribution in [0.1, 0.15) is 10.5 Å². The highest BCUT2D eigenvalue weighted by molar-refractivity contribution is 5.85. The van der Waals surface area contributed by atoms with E-state index in [1.807, 2.05) is 24.3 Å². The molecule has 0 saturated carbocycles. The Labute approximate surface area is 114 Å². The highest BCUT2D eigenvalue weighted by Gasteiger charge is 2.06. The van der Waals surface area contributed by atoms with Gasteiger partial charge in [-0.1, -0.05) is 6.07 Å². The number of benzene rings is 1. The van der Waals surface area contributed by atoms with E-state index >= 15 is 0 Å². The number of nitrogens with zero attached hydrogens (tertiary/aromatic N) is 2. The third-order valence-electron chi connectivity index (χ3n) is 2.76. The zero-order chi connectivity index (χ0) is 13.9. The molecule has 2 aromatic heterocycles. The minimum Gasteiger partial charge on any atom is -0.477 e. The summed E-state index contributed by atoms with van der Waals surface area (Å²) < 4.78 is 5.65. The molecule has 98 valence electrons. The molecule has 2 heterocycles. The second kappa shape index (κ2) is 4.97. The van der Waals surface area contributed by atoms with E-state index in [2.05, 4.69) is 9.97 Å². The summed E-state index contributed by atoms with van der Waals surface area (Å²) in [6, 6.07) is 12.3. The fourth-order valence-electron chi connectivity index (χ4n) is 1.84. The van der Waals surface area contributed by atoms with E-state index in [1.54, 1.807) is 18.3 Å². The Balaban J connectivity index is 1.92. The molecule has 0 unspecified atom stereocenters. The molecule has 0 bridgehead atoms. The fourth-order valence-corrected chi connectivity index (χ4v) is 1.84. The van der Waals surface area contributed by atoms with E-state index in [4.69, 9.17) is 9.84 Å². The van der Waals surface area contributed by atoms with Gasteiger partial charge in [0, 0.05) is 23.8 Å². The van der Waals surface area contributed by atoms with Crippen molar-refractivity contribution in [1.29, 1.82) is 0 Å². The average Bonchev–Trinajstić information content (AvgIpc) is 2.47. The summed E-state index contributed by atoms with van der Waals surface area (Å²) in [5.41, 5.74) is 0.825. The third-order valence-corrected chi connectivity index (χ3v) is 2.76. The Kier molecular flexibility index (Phi) is 3.01. The summed E-state index contributed by atoms with van der Waals surface area (Å²) in [6.07, 6.45) is 3.13. The lowest BCUT2D eigenvalue weighted by atomic mass is 10.2. The molecule has 0 fully saturated rings. The van der Waals surface area contributed by atoms with Crippen molar-refractivity contribution < 1.29 is 14.6 Å². The number of aromatic carboxylic acids is 1. The van der Waals surface area contributed by atoms with Crippen LogP contribution in [0.4, 0.5) is 0 Å². The maximum Gasteiger partial charge on any atom is 0.354 e. The van der Waals surface area contributed by atoms with Crippen LogP contribution in [-0.2, 0) is 0 Å². The SMILES string of the molecule is O=C(O)c1cc(Oc2ccc3ncccc3c2)ccn1. The van der Waals surface area contributed by atoms with Crippen LogP contribution in [0.2, 0.25) is 0 Å². The molecule has 0 radical (unpaired) electrons. The molecular weight excluding hydrogens is 256 g/mol. The second-order valence-electron chi connectivity index (χ2n) is 4.14. The Morgan fingerprint density at radius 3 is 2.70 bits per heavy atom. The summed E-state index contributed by atoms with van der Waals surface area (Å²) in [5, 5.41) is 9.85. The average molecular weight is 266 g/mol. The van der Waals surface area contributed by atoms with Gasteiger partial charge in [-0.15, -0.1) is 0 Å². The van der Waals surface area contributed by atoms with Crippen molar-refractivity contribution in [2.45, 2.75) is 0 Å². The fraction of sp³-hybridized carbons (Fsp3) is 0. The first-order chi connectivity index (χ1) is 9.72. The number of hydrogen-bond donors (Lipinski definition) is 1. The summed E-state index contributed by atoms with van der Waals surface area (Å²) in [7, 11) is 0. The molecule has 0 saturated heterocycles. The van der Waals surface area contributed by atoms with Crippen LogP contribution >= 0.6 is 0 Å². The number of pyridine rings is 2. The third kappa shape index (κ3) is 2.42. The molecule has 0 spiro atoms. The normalized spacial score (nSPS) is 10.4. The van der Waals surface area contributed by atoms with Crippen LogP contribution in [0.15, 0.2) is 54.9 Å². The topological polar surface area (TPSA) is 72.3 Å². The van der Waals surface area contributed by atoms with E-state index in [0.717, 1.165) is 10.9 Å². The number of ether oxygens (including phenoxy) is 1. The molecule has 0 aliphatic carbocycles. The van der Waals surface area contributed by atoms with Gasteiger partial charge in [0.2, 0.25) is 0 Å². The van der Waals surface area contributed by atoms with Crippen molar-refractivity contribution in [2.75, 3.05) is 0 Å². The molecule has 3 rings (SSSR count). The molecule has 0 amide bonds. The van der Waals surface area contributed by atoms with E-state index in [9.17, 15) is 4.79 Å². The number of rotatable bonds is 3. The van der Waals surface area contributed by atoms with Crippen LogP contribution in [-0.4, -0.2) is 21.0 Å². The lowest BCUT2D eigenvalue weighted by molar-refractivity contribution is 0.0690. The highest BCUT2D eigenvalue weighted by atomic mass is 16.5. The van der Waals surface area contributed by atoms with Crippen molar-refractivity contribution in [3.63, 3.8) is 0 Å². The molecular formula is C15H10N2O3. The lowest BCUT2D eigenvalue weighted by Gasteiger charge is -2.06. The van der Waals surface area contributed by atoms with Crippen molar-refractivity contribution in [3.8, 4) is 11.5 Å². The number of hydrogen-bond acceptors (Lipinski definition) is 4. The lowest BCUT2D eigenvalue weighted by Crippen LogP contribution is -1.99. The van der Waals surface area contributed by atoms with Gasteiger partial charge in [-0.3, -0.25) is 4.98 Å². The van der Waals surface area contributed by atoms with E-state index in [0.29, 0.717) is 11.5 Å². The standard InChI is InChI=1S/C15H10N2O3/c18-15(19)14-9-12(5-7-17-14)20-11-3-4-13-10(8-11)2-1-6-16-13/h1-9H,(H,18,19). The smallest absolute Gasteiger partial charge is 0.354 e. The van der Waals surface area contributed by atoms with Crippen LogP contribution in [0.5, 0.6) is 11.5 Å². The largest absolute Gasteiger partial charge is 0.477 e. The zero-order valence-electron chi connectivity index (χ0n) is 10.4. The molecule has 0 atom stereocenters. The van der Waals surface area contributed by atoms with Crippen LogP contribution < -0.4 is 4.74 Å². The van der Waals surface area contributed by atoms with E-state index in [-0.39, 0.29) is 5.69 Å². The number of aromatic nitrogens is 2. The zero-order valence-corrected chi connectivity index (χ0v) is 10.4. The first-order valence-electron chi connectivity index (χ1n) is 5.94. The number of fused-ring (bicyclic) bond motifs is 1. The van der Waals surface area contributed by atoms with Crippen LogP contribution in [0.25, 0.3) is 10.9 Å². The molecule has 0 aliphatic rings. The minimum atomic E-state index is -1.09. The second-order valence-corrected chi connectivity index (χ2v) is 4.14. The van der Waals surface area contributed by atoms with Crippen molar-refractivity contribution in [2.24, 2.45) is 0 Å². The Bertz CT molecular complexity index is 787. The van der Waals surface area contributed by atoms with Gasteiger partial charge in [-0.05, 0) is 30.3 Å². The maximum absolute atomic E-state index is 10.9. The van der Waals surface area contributed by atoms with E-state index in [1.165, 1.54) is 12.3 Å². The molecule has 5 nitrogen and oxygen atoms in total. The van der Waals surface area contributed by atoms with Gasteiger partial charge in [-0.2, -0.15) is 0 Å². The summed E-state index contributed by atoms with van der Waals surface area (Å²) >= 11 is 0. The first-order valence-corrected chi connectivity index (χ1v) is 5.94. The maximum atomic E-state index is 10.9. The van der Waals surface area contributed by atoms with Crippen molar-refractivity contribution in [3.05, 3.63) is 60.6 Å². The monoisotopic (exact) mass is 266 g/mol. The van der Waals surface area contributed by atoms with Crippen LogP contribution in [0.3, 0.4) is 0 Å². The molecule has 5 heteroatoms. The molecule has 3 aromatic rings. The van der Waals surface area contributed by atoms with E-state index < -0.39 is 5.97 Å². The predicted molar refractivity (Wildman–Crippen MR) is 73.0 cm³/mol. The predicted octanol–water partition coefficient (Wildman–Crippen LogP) is 3.12. The van der Waals surface area contributed by atoms with Gasteiger partial charge in [0.1, 0.15) is 11.5 Å². The van der Waals surface area contributed by atoms with Gasteiger partial charge < -0.3 is 9.84 Å². The quantitative estimate of drug-likeness (QED) is 0.788. The molecule has 1 aromatic carbocycles. The minimum absolute atomic E-state index is 0.0510. The Morgan fingerprint density at radius 1 is 1.00 bits per heavy atom. The van der Waals surface area contributed by atoms with Gasteiger partial charge in [0.25, 0.3) is 0 Å². The first kappa shape index (κ1) is 12.1. The number of carboxylic acid groups (broad SMARTS) is 1. The van der Waals surface area contributed by atoms with Gasteiger partial charge >= 0.3 is 5.97 Å². The highest BCUT2D eigenvalue weighted by Crippen LogP contribution is 2.24. The van der Waals surface area contributed by atoms with Crippen molar-refractivity contribution >= 4 is 16.9 Å². The Morgan fingerprint density at radius 2 is 1.85 bits per heavy atom. The van der Waals surface area contributed by atoms with Crippen molar-refractivity contribution in [1.82, 2.24) is 9.97 Å².